The quantitative estimate of drug-likeness (QED) is 0.908. The van der Waals surface area contributed by atoms with Gasteiger partial charge in [0.1, 0.15) is 0 Å². The van der Waals surface area contributed by atoms with Crippen LogP contribution in [-0.2, 0) is 4.74 Å². The van der Waals surface area contributed by atoms with Crippen molar-refractivity contribution in [1.29, 1.82) is 0 Å². The lowest BCUT2D eigenvalue weighted by Crippen LogP contribution is -2.37. The molecular weight excluding hydrogens is 272 g/mol. The molecule has 0 radical (unpaired) electrons. The van der Waals surface area contributed by atoms with Crippen LogP contribution in [-0.4, -0.2) is 44.3 Å². The minimum atomic E-state index is 0. The van der Waals surface area contributed by atoms with Crippen LogP contribution in [0.3, 0.4) is 0 Å². The van der Waals surface area contributed by atoms with Crippen LogP contribution >= 0.6 is 12.4 Å². The van der Waals surface area contributed by atoms with Gasteiger partial charge in [-0.2, -0.15) is 0 Å². The van der Waals surface area contributed by atoms with E-state index in [1.54, 1.807) is 7.11 Å². The number of ether oxygens (including phenoxy) is 1. The number of hydrogen-bond acceptors (Lipinski definition) is 3. The fourth-order valence-corrected chi connectivity index (χ4v) is 3.14. The van der Waals surface area contributed by atoms with E-state index in [9.17, 15) is 0 Å². The highest BCUT2D eigenvalue weighted by atomic mass is 35.5. The molecule has 0 unspecified atom stereocenters. The minimum absolute atomic E-state index is 0. The lowest BCUT2D eigenvalue weighted by molar-refractivity contribution is 0.0762. The number of nitrogens with two attached hydrogens (primary N) is 1. The van der Waals surface area contributed by atoms with Crippen LogP contribution < -0.4 is 5.73 Å². The van der Waals surface area contributed by atoms with Gasteiger partial charge in [-0.05, 0) is 5.56 Å². The number of likely N-dealkylation sites (tertiary alicyclic amines) is 1. The van der Waals surface area contributed by atoms with Gasteiger partial charge in [-0.15, -0.1) is 12.4 Å². The van der Waals surface area contributed by atoms with Crippen molar-refractivity contribution in [2.45, 2.75) is 25.8 Å². The molecule has 2 atom stereocenters. The standard InChI is InChI=1S/C16H26N2O.ClH/c1-16(2,12-19-3)11-18-9-14(15(17)10-18)13-7-5-4-6-8-13;/h4-8,14-15H,9-12,17H2,1-3H3;1H/t14-,15+;/m0./s1. The third-order valence-electron chi connectivity index (χ3n) is 3.86. The number of rotatable bonds is 5. The Bertz CT molecular complexity index is 397. The smallest absolute Gasteiger partial charge is 0.0525 e. The summed E-state index contributed by atoms with van der Waals surface area (Å²) < 4.78 is 5.30. The molecule has 1 aliphatic rings. The Hall–Kier alpha value is -0.610. The van der Waals surface area contributed by atoms with E-state index in [1.165, 1.54) is 5.56 Å². The van der Waals surface area contributed by atoms with Crippen LogP contribution in [0.5, 0.6) is 0 Å². The molecule has 1 fully saturated rings. The summed E-state index contributed by atoms with van der Waals surface area (Å²) in [4.78, 5) is 2.47. The maximum Gasteiger partial charge on any atom is 0.0525 e. The molecule has 1 aliphatic heterocycles. The van der Waals surface area contributed by atoms with E-state index in [2.05, 4.69) is 49.1 Å². The summed E-state index contributed by atoms with van der Waals surface area (Å²) in [5, 5.41) is 0. The summed E-state index contributed by atoms with van der Waals surface area (Å²) >= 11 is 0. The average molecular weight is 299 g/mol. The van der Waals surface area contributed by atoms with Crippen LogP contribution in [0.1, 0.15) is 25.3 Å². The van der Waals surface area contributed by atoms with Gasteiger partial charge in [-0.1, -0.05) is 44.2 Å². The van der Waals surface area contributed by atoms with E-state index in [0.717, 1.165) is 26.2 Å². The molecule has 0 aliphatic carbocycles. The van der Waals surface area contributed by atoms with Crippen molar-refractivity contribution in [3.63, 3.8) is 0 Å². The van der Waals surface area contributed by atoms with E-state index in [0.29, 0.717) is 5.92 Å². The van der Waals surface area contributed by atoms with Crippen LogP contribution in [0.2, 0.25) is 0 Å². The van der Waals surface area contributed by atoms with Gasteiger partial charge in [0, 0.05) is 44.1 Å². The van der Waals surface area contributed by atoms with Crippen LogP contribution in [0.4, 0.5) is 0 Å². The molecule has 1 saturated heterocycles. The molecule has 2 rings (SSSR count). The zero-order valence-corrected chi connectivity index (χ0v) is 13.5. The van der Waals surface area contributed by atoms with Crippen molar-refractivity contribution in [3.05, 3.63) is 35.9 Å². The number of methoxy groups -OCH3 is 1. The third-order valence-corrected chi connectivity index (χ3v) is 3.86. The largest absolute Gasteiger partial charge is 0.384 e. The predicted octanol–water partition coefficient (Wildman–Crippen LogP) is 2.51. The first kappa shape index (κ1) is 17.4. The zero-order valence-electron chi connectivity index (χ0n) is 12.7. The molecule has 3 nitrogen and oxygen atoms in total. The second-order valence-corrected chi connectivity index (χ2v) is 6.47. The zero-order chi connectivity index (χ0) is 13.9. The van der Waals surface area contributed by atoms with Crippen molar-refractivity contribution in [2.24, 2.45) is 11.1 Å². The molecule has 4 heteroatoms. The minimum Gasteiger partial charge on any atom is -0.384 e. The molecule has 1 aromatic carbocycles. The fourth-order valence-electron chi connectivity index (χ4n) is 3.14. The van der Waals surface area contributed by atoms with Gasteiger partial charge in [-0.3, -0.25) is 0 Å². The van der Waals surface area contributed by atoms with Crippen LogP contribution in [0.15, 0.2) is 30.3 Å². The summed E-state index contributed by atoms with van der Waals surface area (Å²) in [6.45, 7) is 8.35. The molecular formula is C16H27ClN2O. The average Bonchev–Trinajstić information content (AvgIpc) is 2.70. The van der Waals surface area contributed by atoms with E-state index >= 15 is 0 Å². The highest BCUT2D eigenvalue weighted by molar-refractivity contribution is 5.85. The van der Waals surface area contributed by atoms with E-state index in [1.807, 2.05) is 0 Å². The summed E-state index contributed by atoms with van der Waals surface area (Å²) in [7, 11) is 1.77. The lowest BCUT2D eigenvalue weighted by Gasteiger charge is -2.29. The van der Waals surface area contributed by atoms with Gasteiger partial charge in [0.15, 0.2) is 0 Å². The number of nitrogens with zero attached hydrogens (tertiary/aromatic N) is 1. The molecule has 20 heavy (non-hydrogen) atoms. The highest BCUT2D eigenvalue weighted by Crippen LogP contribution is 2.29. The molecule has 114 valence electrons. The summed E-state index contributed by atoms with van der Waals surface area (Å²) in [6, 6.07) is 10.9. The second-order valence-electron chi connectivity index (χ2n) is 6.47. The lowest BCUT2D eigenvalue weighted by atomic mass is 9.94. The second kappa shape index (κ2) is 7.41. The first-order chi connectivity index (χ1) is 9.02. The van der Waals surface area contributed by atoms with Gasteiger partial charge in [0.2, 0.25) is 0 Å². The van der Waals surface area contributed by atoms with Gasteiger partial charge < -0.3 is 15.4 Å². The number of benzene rings is 1. The molecule has 1 aromatic rings. The molecule has 0 aromatic heterocycles. The molecule has 0 amide bonds. The SMILES string of the molecule is COCC(C)(C)CN1C[C@@H](N)[C@H](c2ccccc2)C1.Cl. The number of halogens is 1. The molecule has 0 bridgehead atoms. The summed E-state index contributed by atoms with van der Waals surface area (Å²) in [6.07, 6.45) is 0. The van der Waals surface area contributed by atoms with Crippen molar-refractivity contribution in [1.82, 2.24) is 4.90 Å². The van der Waals surface area contributed by atoms with Crippen molar-refractivity contribution in [2.75, 3.05) is 33.4 Å². The topological polar surface area (TPSA) is 38.5 Å². The van der Waals surface area contributed by atoms with E-state index in [-0.39, 0.29) is 23.9 Å². The monoisotopic (exact) mass is 298 g/mol. The molecule has 2 N–H and O–H groups in total. The Morgan fingerprint density at radius 1 is 1.25 bits per heavy atom. The Kier molecular flexibility index (Phi) is 6.46. The Labute approximate surface area is 128 Å². The highest BCUT2D eigenvalue weighted by Gasteiger charge is 2.33. The predicted molar refractivity (Wildman–Crippen MR) is 86.5 cm³/mol. The normalized spacial score (nSPS) is 23.6. The third kappa shape index (κ3) is 4.45. The van der Waals surface area contributed by atoms with Crippen LogP contribution in [0.25, 0.3) is 0 Å². The Morgan fingerprint density at radius 2 is 1.90 bits per heavy atom. The van der Waals surface area contributed by atoms with Gasteiger partial charge in [-0.25, -0.2) is 0 Å². The Balaban J connectivity index is 0.00000200. The van der Waals surface area contributed by atoms with E-state index < -0.39 is 0 Å². The summed E-state index contributed by atoms with van der Waals surface area (Å²) in [5.74, 6) is 0.458. The van der Waals surface area contributed by atoms with Crippen molar-refractivity contribution >= 4 is 12.4 Å². The first-order valence-electron chi connectivity index (χ1n) is 7.04. The molecule has 1 heterocycles. The maximum absolute atomic E-state index is 6.32. The van der Waals surface area contributed by atoms with Crippen molar-refractivity contribution in [3.8, 4) is 0 Å². The maximum atomic E-state index is 6.32. The van der Waals surface area contributed by atoms with Gasteiger partial charge in [0.25, 0.3) is 0 Å². The van der Waals surface area contributed by atoms with E-state index in [4.69, 9.17) is 10.5 Å². The molecule has 0 spiro atoms. The van der Waals surface area contributed by atoms with Crippen LogP contribution in [0, 0.1) is 5.41 Å². The van der Waals surface area contributed by atoms with Gasteiger partial charge in [0.05, 0.1) is 6.61 Å². The first-order valence-corrected chi connectivity index (χ1v) is 7.04. The molecule has 0 saturated carbocycles. The Morgan fingerprint density at radius 3 is 2.50 bits per heavy atom. The fraction of sp³-hybridized carbons (Fsp3) is 0.625. The van der Waals surface area contributed by atoms with Gasteiger partial charge >= 0.3 is 0 Å². The summed E-state index contributed by atoms with van der Waals surface area (Å²) in [5.41, 5.74) is 7.86. The number of hydrogen-bond donors (Lipinski definition) is 1. The van der Waals surface area contributed by atoms with Crippen molar-refractivity contribution < 1.29 is 4.74 Å².